The standard InChI is InChI=1S/C11H13NO3/c1-9(11(13)14)12-15-8-7-10-5-3-2-4-6-10/h2-6,12H,1,7-8H2,(H,13,14). The Bertz CT molecular complexity index is 335. The molecule has 0 aliphatic rings. The summed E-state index contributed by atoms with van der Waals surface area (Å²) >= 11 is 0. The van der Waals surface area contributed by atoms with Gasteiger partial charge in [-0.2, -0.15) is 0 Å². The monoisotopic (exact) mass is 207 g/mol. The van der Waals surface area contributed by atoms with E-state index in [1.807, 2.05) is 30.3 Å². The molecular weight excluding hydrogens is 194 g/mol. The largest absolute Gasteiger partial charge is 0.477 e. The molecule has 4 nitrogen and oxygen atoms in total. The average molecular weight is 207 g/mol. The summed E-state index contributed by atoms with van der Waals surface area (Å²) in [5.74, 6) is -1.12. The lowest BCUT2D eigenvalue weighted by molar-refractivity contribution is -0.134. The van der Waals surface area contributed by atoms with E-state index in [-0.39, 0.29) is 5.70 Å². The summed E-state index contributed by atoms with van der Waals surface area (Å²) in [7, 11) is 0. The van der Waals surface area contributed by atoms with Gasteiger partial charge in [-0.15, -0.1) is 0 Å². The van der Waals surface area contributed by atoms with Crippen LogP contribution in [0.5, 0.6) is 0 Å². The molecule has 0 amide bonds. The van der Waals surface area contributed by atoms with Crippen molar-refractivity contribution < 1.29 is 14.7 Å². The minimum Gasteiger partial charge on any atom is -0.477 e. The maximum atomic E-state index is 10.3. The Kier molecular flexibility index (Phi) is 4.37. The molecule has 0 heterocycles. The van der Waals surface area contributed by atoms with Crippen LogP contribution >= 0.6 is 0 Å². The average Bonchev–Trinajstić information content (AvgIpc) is 2.25. The third-order valence-electron chi connectivity index (χ3n) is 1.79. The quantitative estimate of drug-likeness (QED) is 0.420. The normalized spacial score (nSPS) is 9.60. The van der Waals surface area contributed by atoms with Crippen molar-refractivity contribution in [2.75, 3.05) is 6.61 Å². The highest BCUT2D eigenvalue weighted by Gasteiger charge is 2.01. The van der Waals surface area contributed by atoms with Gasteiger partial charge in [-0.05, 0) is 12.0 Å². The number of carboxylic acids is 1. The molecule has 2 N–H and O–H groups in total. The second-order valence-corrected chi connectivity index (χ2v) is 2.97. The molecule has 0 fully saturated rings. The second kappa shape index (κ2) is 5.82. The van der Waals surface area contributed by atoms with E-state index in [4.69, 9.17) is 9.94 Å². The summed E-state index contributed by atoms with van der Waals surface area (Å²) in [6.45, 7) is 3.66. The van der Waals surface area contributed by atoms with E-state index in [9.17, 15) is 4.79 Å². The van der Waals surface area contributed by atoms with Crippen LogP contribution in [0.3, 0.4) is 0 Å². The van der Waals surface area contributed by atoms with Gasteiger partial charge in [0.05, 0.1) is 6.61 Å². The smallest absolute Gasteiger partial charge is 0.353 e. The van der Waals surface area contributed by atoms with Crippen LogP contribution < -0.4 is 5.48 Å². The van der Waals surface area contributed by atoms with Crippen molar-refractivity contribution >= 4 is 5.97 Å². The zero-order chi connectivity index (χ0) is 11.1. The summed E-state index contributed by atoms with van der Waals surface area (Å²) in [6.07, 6.45) is 0.723. The zero-order valence-electron chi connectivity index (χ0n) is 8.27. The summed E-state index contributed by atoms with van der Waals surface area (Å²) in [4.78, 5) is 15.3. The Morgan fingerprint density at radius 3 is 2.67 bits per heavy atom. The van der Waals surface area contributed by atoms with E-state index >= 15 is 0 Å². The molecule has 0 aromatic heterocycles. The molecule has 80 valence electrons. The van der Waals surface area contributed by atoms with E-state index in [1.165, 1.54) is 0 Å². The number of carbonyl (C=O) groups is 1. The Morgan fingerprint density at radius 2 is 2.07 bits per heavy atom. The van der Waals surface area contributed by atoms with Crippen LogP contribution in [0.15, 0.2) is 42.6 Å². The number of hydrogen-bond donors (Lipinski definition) is 2. The van der Waals surface area contributed by atoms with Gasteiger partial charge >= 0.3 is 5.97 Å². The van der Waals surface area contributed by atoms with Crippen molar-refractivity contribution in [2.24, 2.45) is 0 Å². The zero-order valence-corrected chi connectivity index (χ0v) is 8.27. The summed E-state index contributed by atoms with van der Waals surface area (Å²) in [5.41, 5.74) is 3.23. The van der Waals surface area contributed by atoms with Gasteiger partial charge < -0.3 is 5.11 Å². The molecule has 4 heteroatoms. The second-order valence-electron chi connectivity index (χ2n) is 2.97. The van der Waals surface area contributed by atoms with Gasteiger partial charge in [0.2, 0.25) is 0 Å². The van der Waals surface area contributed by atoms with Crippen LogP contribution in [0.25, 0.3) is 0 Å². The number of benzene rings is 1. The summed E-state index contributed by atoms with van der Waals surface area (Å²) < 4.78 is 0. The van der Waals surface area contributed by atoms with Crippen LogP contribution in [-0.4, -0.2) is 17.7 Å². The molecule has 0 saturated heterocycles. The van der Waals surface area contributed by atoms with Crippen LogP contribution in [0.1, 0.15) is 5.56 Å². The number of nitrogens with one attached hydrogen (secondary N) is 1. The maximum absolute atomic E-state index is 10.3. The summed E-state index contributed by atoms with van der Waals surface area (Å²) in [6, 6.07) is 9.79. The molecule has 0 radical (unpaired) electrons. The SMILES string of the molecule is C=C(NOCCc1ccccc1)C(=O)O. The van der Waals surface area contributed by atoms with E-state index < -0.39 is 5.97 Å². The Hall–Kier alpha value is -1.81. The first-order chi connectivity index (χ1) is 7.20. The van der Waals surface area contributed by atoms with Gasteiger partial charge in [-0.1, -0.05) is 36.9 Å². The topological polar surface area (TPSA) is 58.6 Å². The van der Waals surface area contributed by atoms with Crippen LogP contribution in [0.2, 0.25) is 0 Å². The van der Waals surface area contributed by atoms with Crippen molar-refractivity contribution in [3.05, 3.63) is 48.2 Å². The number of rotatable bonds is 6. The highest BCUT2D eigenvalue weighted by molar-refractivity contribution is 5.84. The van der Waals surface area contributed by atoms with Gasteiger partial charge in [0.25, 0.3) is 0 Å². The van der Waals surface area contributed by atoms with Gasteiger partial charge in [-0.3, -0.25) is 10.3 Å². The Balaban J connectivity index is 2.18. The molecule has 0 unspecified atom stereocenters. The van der Waals surface area contributed by atoms with E-state index in [0.717, 1.165) is 12.0 Å². The molecule has 1 aromatic carbocycles. The molecule has 0 atom stereocenters. The first kappa shape index (κ1) is 11.3. The number of hydroxylamine groups is 1. The first-order valence-electron chi connectivity index (χ1n) is 4.54. The lowest BCUT2D eigenvalue weighted by atomic mass is 10.2. The molecule has 0 saturated carbocycles. The van der Waals surface area contributed by atoms with Gasteiger partial charge in [0, 0.05) is 0 Å². The number of aliphatic carboxylic acids is 1. The van der Waals surface area contributed by atoms with Crippen molar-refractivity contribution in [1.82, 2.24) is 5.48 Å². The first-order valence-corrected chi connectivity index (χ1v) is 4.54. The predicted molar refractivity (Wildman–Crippen MR) is 56.0 cm³/mol. The minimum atomic E-state index is -1.12. The van der Waals surface area contributed by atoms with Crippen LogP contribution in [-0.2, 0) is 16.1 Å². The minimum absolute atomic E-state index is 0.164. The van der Waals surface area contributed by atoms with E-state index in [2.05, 4.69) is 12.1 Å². The van der Waals surface area contributed by atoms with Gasteiger partial charge in [-0.25, -0.2) is 4.79 Å². The fourth-order valence-corrected chi connectivity index (χ4v) is 0.995. The molecule has 0 aliphatic heterocycles. The van der Waals surface area contributed by atoms with Crippen molar-refractivity contribution in [3.8, 4) is 0 Å². The van der Waals surface area contributed by atoms with Gasteiger partial charge in [0.1, 0.15) is 5.70 Å². The lowest BCUT2D eigenvalue weighted by Crippen LogP contribution is -2.20. The van der Waals surface area contributed by atoms with E-state index in [0.29, 0.717) is 6.61 Å². The highest BCUT2D eigenvalue weighted by Crippen LogP contribution is 1.99. The van der Waals surface area contributed by atoms with Crippen molar-refractivity contribution in [2.45, 2.75) is 6.42 Å². The third-order valence-corrected chi connectivity index (χ3v) is 1.79. The lowest BCUT2D eigenvalue weighted by Gasteiger charge is -2.05. The molecular formula is C11H13NO3. The molecule has 1 aromatic rings. The van der Waals surface area contributed by atoms with Crippen molar-refractivity contribution in [1.29, 1.82) is 0 Å². The molecule has 1 rings (SSSR count). The molecule has 0 aliphatic carbocycles. The number of hydrogen-bond acceptors (Lipinski definition) is 3. The predicted octanol–water partition coefficient (Wildman–Crippen LogP) is 1.35. The van der Waals surface area contributed by atoms with E-state index in [1.54, 1.807) is 0 Å². The molecule has 0 spiro atoms. The fourth-order valence-electron chi connectivity index (χ4n) is 0.995. The van der Waals surface area contributed by atoms with Crippen molar-refractivity contribution in [3.63, 3.8) is 0 Å². The molecule has 0 bridgehead atoms. The van der Waals surface area contributed by atoms with Crippen LogP contribution in [0.4, 0.5) is 0 Å². The third kappa shape index (κ3) is 4.28. The number of carboxylic acid groups (broad SMARTS) is 1. The Morgan fingerprint density at radius 1 is 1.40 bits per heavy atom. The summed E-state index contributed by atoms with van der Waals surface area (Å²) in [5, 5.41) is 8.46. The fraction of sp³-hybridized carbons (Fsp3) is 0.182. The highest BCUT2D eigenvalue weighted by atomic mass is 16.6. The maximum Gasteiger partial charge on any atom is 0.353 e. The molecule has 15 heavy (non-hydrogen) atoms. The van der Waals surface area contributed by atoms with Crippen LogP contribution in [0, 0.1) is 0 Å². The van der Waals surface area contributed by atoms with Gasteiger partial charge in [0.15, 0.2) is 0 Å². The Labute approximate surface area is 88.1 Å².